The number of fused-ring (bicyclic) bond motifs is 3. The quantitative estimate of drug-likeness (QED) is 0.0162. The first-order valence-corrected chi connectivity index (χ1v) is 38.7. The van der Waals surface area contributed by atoms with Crippen molar-refractivity contribution >= 4 is 103 Å². The lowest BCUT2D eigenvalue weighted by atomic mass is 9.92. The number of halogens is 3. The Hall–Kier alpha value is -8.58. The number of anilines is 3. The molecule has 27 nitrogen and oxygen atoms in total. The molecule has 0 aliphatic heterocycles. The molecule has 0 fully saturated rings. The number of H-pyrrole nitrogens is 3. The minimum atomic E-state index is -4.02. The maximum atomic E-state index is 12.9. The molecule has 0 aliphatic carbocycles. The molecule has 0 spiro atoms. The van der Waals surface area contributed by atoms with Gasteiger partial charge in [0.2, 0.25) is 21.8 Å². The number of sulfonamides is 1. The first-order chi connectivity index (χ1) is 50.8. The molecule has 0 bridgehead atoms. The second kappa shape index (κ2) is 37.7. The Kier molecular flexibility index (Phi) is 30.2. The van der Waals surface area contributed by atoms with Gasteiger partial charge in [0.15, 0.2) is 34.4 Å². The van der Waals surface area contributed by atoms with E-state index < -0.39 is 59.3 Å². The van der Waals surface area contributed by atoms with Gasteiger partial charge in [-0.3, -0.25) is 34.5 Å². The molecule has 31 heteroatoms. The second-order valence-corrected chi connectivity index (χ2v) is 33.3. The number of amides is 3. The second-order valence-electron chi connectivity index (χ2n) is 30.2. The van der Waals surface area contributed by atoms with E-state index >= 15 is 0 Å². The number of carbonyl (C=O) groups excluding carboxylic acids is 4. The van der Waals surface area contributed by atoms with Gasteiger partial charge in [-0.2, -0.15) is 4.31 Å². The van der Waals surface area contributed by atoms with Crippen molar-refractivity contribution in [2.75, 3.05) is 55.7 Å². The molecule has 3 atom stereocenters. The Morgan fingerprint density at radius 2 is 1.08 bits per heavy atom. The number of ether oxygens (including phenoxy) is 2. The highest BCUT2D eigenvalue weighted by molar-refractivity contribution is 7.89. The summed E-state index contributed by atoms with van der Waals surface area (Å²) in [6.45, 7) is 32.4. The molecule has 10 aromatic rings. The van der Waals surface area contributed by atoms with Crippen LogP contribution in [0, 0.1) is 12.8 Å². The third-order valence-corrected chi connectivity index (χ3v) is 20.5. The minimum absolute atomic E-state index is 0.0296. The summed E-state index contributed by atoms with van der Waals surface area (Å²) in [5, 5.41) is 72.9. The van der Waals surface area contributed by atoms with E-state index in [0.717, 1.165) is 76.4 Å². The summed E-state index contributed by atoms with van der Waals surface area (Å²) in [5.41, 5.74) is 9.02. The number of hydrogen-bond acceptors (Lipinski definition) is 17. The number of nitrogens with one attached hydrogen (secondary N) is 6. The van der Waals surface area contributed by atoms with Gasteiger partial charge in [0.05, 0.1) is 59.0 Å². The summed E-state index contributed by atoms with van der Waals surface area (Å²) >= 11 is 19.5. The Morgan fingerprint density at radius 3 is 1.66 bits per heavy atom. The molecule has 0 radical (unpaired) electrons. The number of benzene rings is 4. The Bertz CT molecular complexity index is 4770. The molecule has 3 amide bonds. The van der Waals surface area contributed by atoms with Gasteiger partial charge in [-0.25, -0.2) is 22.0 Å². The zero-order valence-electron chi connectivity index (χ0n) is 64.8. The van der Waals surface area contributed by atoms with E-state index in [0.29, 0.717) is 55.0 Å². The number of aliphatic hydroxyl groups excluding tert-OH is 3. The van der Waals surface area contributed by atoms with Gasteiger partial charge in [0, 0.05) is 70.7 Å². The zero-order chi connectivity index (χ0) is 79.8. The lowest BCUT2D eigenvalue weighted by Crippen LogP contribution is -2.35. The van der Waals surface area contributed by atoms with Gasteiger partial charge in [-0.15, -0.1) is 30.6 Å². The predicted molar refractivity (Wildman–Crippen MR) is 422 cm³/mol. The van der Waals surface area contributed by atoms with Gasteiger partial charge >= 0.3 is 5.97 Å². The van der Waals surface area contributed by atoms with Crippen LogP contribution < -0.4 is 16.0 Å². The van der Waals surface area contributed by atoms with Crippen LogP contribution in [-0.2, 0) is 74.8 Å². The van der Waals surface area contributed by atoms with Crippen LogP contribution >= 0.6 is 34.8 Å². The highest BCUT2D eigenvalue weighted by atomic mass is 35.5. The predicted octanol–water partition coefficient (Wildman–Crippen LogP) is 13.7. The fourth-order valence-corrected chi connectivity index (χ4v) is 14.3. The topological polar surface area (TPSA) is 359 Å². The number of carbonyl (C=O) groups is 4. The van der Waals surface area contributed by atoms with Crippen molar-refractivity contribution in [1.29, 1.82) is 0 Å². The Balaban J connectivity index is 0.000000231. The van der Waals surface area contributed by atoms with E-state index in [1.54, 1.807) is 42.6 Å². The van der Waals surface area contributed by atoms with Crippen molar-refractivity contribution in [3.63, 3.8) is 0 Å². The fraction of sp³-hybridized carbons (Fsp3) is 0.481. The van der Waals surface area contributed by atoms with Gasteiger partial charge in [-0.05, 0) is 113 Å². The average Bonchev–Trinajstić information content (AvgIpc) is 1.61. The van der Waals surface area contributed by atoms with E-state index in [2.05, 4.69) is 141 Å². The highest BCUT2D eigenvalue weighted by Gasteiger charge is 2.35. The first kappa shape index (κ1) is 86.7. The van der Waals surface area contributed by atoms with Gasteiger partial charge in [-0.1, -0.05) is 179 Å². The molecule has 0 aliphatic rings. The highest BCUT2D eigenvalue weighted by Crippen LogP contribution is 2.36. The number of nitrogens with zero attached hydrogens (tertiary/aromatic N) is 10. The zero-order valence-corrected chi connectivity index (χ0v) is 67.9. The summed E-state index contributed by atoms with van der Waals surface area (Å²) in [4.78, 5) is 50.3. The maximum Gasteiger partial charge on any atom is 0.309 e. The Labute approximate surface area is 646 Å². The molecule has 6 heterocycles. The van der Waals surface area contributed by atoms with Crippen LogP contribution in [0.25, 0.3) is 16.9 Å². The lowest BCUT2D eigenvalue weighted by molar-refractivity contribution is -0.151. The van der Waals surface area contributed by atoms with Gasteiger partial charge in [0.25, 0.3) is 5.91 Å². The number of rotatable bonds is 28. The molecule has 9 N–H and O–H groups in total. The molecule has 108 heavy (non-hydrogen) atoms. The van der Waals surface area contributed by atoms with Crippen molar-refractivity contribution < 1.29 is 52.4 Å². The maximum absolute atomic E-state index is 12.9. The molecular weight excluding hydrogens is 1460 g/mol. The third-order valence-electron chi connectivity index (χ3n) is 17.5. The summed E-state index contributed by atoms with van der Waals surface area (Å²) < 4.78 is 42.8. The molecule has 3 unspecified atom stereocenters. The van der Waals surface area contributed by atoms with Crippen LogP contribution in [0.2, 0.25) is 15.1 Å². The number of hydrogen-bond donors (Lipinski definition) is 9. The van der Waals surface area contributed by atoms with Crippen molar-refractivity contribution in [2.24, 2.45) is 5.92 Å². The molecule has 6 aromatic heterocycles. The number of aryl methyl sites for hydroxylation is 4. The van der Waals surface area contributed by atoms with Gasteiger partial charge < -0.3 is 40.7 Å². The van der Waals surface area contributed by atoms with Crippen molar-refractivity contribution in [2.45, 2.75) is 201 Å². The number of aromatic amines is 3. The summed E-state index contributed by atoms with van der Waals surface area (Å²) in [7, 11) is -4.02. The lowest BCUT2D eigenvalue weighted by Gasteiger charge is -2.23. The minimum Gasteiger partial charge on any atom is -0.464 e. The van der Waals surface area contributed by atoms with Gasteiger partial charge in [0.1, 0.15) is 28.5 Å². The number of aliphatic hydroxyl groups is 3. The SMILES string of the molecule is CC.CC(CC(=O)Nc1cccc(C(=O)Nc2ccc(CCCc3nnc4c(Cl)c(C(C)(C)C)[nH]n34)cc2)c1)OCO.CC(CC(=O)Nc1cccc(S(=O)(=O)N(CCO)CCO)c1)C(=O)OCC(C)(C)c1nnc2c(Cl)c(C(C)(C)C)[nH]n12.Cc1ccc(CCC(C)c2nnc3c(Cl)c(C(C)(C)C)[nH]n23)cc1. The molecular formula is C77H105Cl3N16O11S. The molecule has 0 saturated heterocycles. The summed E-state index contributed by atoms with van der Waals surface area (Å²) in [6.07, 6.45) is 3.96. The van der Waals surface area contributed by atoms with Crippen LogP contribution in [0.1, 0.15) is 204 Å². The number of aromatic nitrogens is 12. The monoisotopic (exact) mass is 1570 g/mol. The molecule has 4 aromatic carbocycles. The van der Waals surface area contributed by atoms with Crippen molar-refractivity contribution in [1.82, 2.24) is 63.7 Å². The van der Waals surface area contributed by atoms with E-state index in [1.165, 1.54) is 35.4 Å². The fourth-order valence-electron chi connectivity index (χ4n) is 11.4. The van der Waals surface area contributed by atoms with E-state index in [4.69, 9.17) is 49.4 Å². The van der Waals surface area contributed by atoms with Crippen LogP contribution in [0.5, 0.6) is 0 Å². The van der Waals surface area contributed by atoms with E-state index in [1.807, 2.05) is 81.8 Å². The normalized spacial score (nSPS) is 12.9. The van der Waals surface area contributed by atoms with E-state index in [-0.39, 0.29) is 71.2 Å². The van der Waals surface area contributed by atoms with Crippen LogP contribution in [0.3, 0.4) is 0 Å². The third kappa shape index (κ3) is 22.5. The van der Waals surface area contributed by atoms with E-state index in [9.17, 15) is 37.8 Å². The van der Waals surface area contributed by atoms with Crippen LogP contribution in [0.4, 0.5) is 17.1 Å². The molecule has 10 rings (SSSR count). The molecule has 586 valence electrons. The Morgan fingerprint density at radius 1 is 0.583 bits per heavy atom. The largest absolute Gasteiger partial charge is 0.464 e. The summed E-state index contributed by atoms with van der Waals surface area (Å²) in [6, 6.07) is 28.8. The first-order valence-electron chi connectivity index (χ1n) is 36.1. The molecule has 0 saturated carbocycles. The van der Waals surface area contributed by atoms with Crippen molar-refractivity contribution in [3.8, 4) is 0 Å². The standard InChI is InChI=1S/C29H35ClN6O4.C27H39ClN6O7S.C19H25ClN4.C2H6/c1-18(40-17-37)15-24(38)31-22-9-6-8-20(16-22)28(39)32-21-13-11-19(12-14-21)7-5-10-23-33-34-27-25(30)26(29(2,3)4)35-36(23)27;1-17(14-20(37)29-18-8-7-9-19(15-18)42(39,40)33(10-12-35)11-13-36)24(38)41-16-27(5,6)25-31-30-23-21(28)22(26(2,3)4)32-34(23)25;1-12-6-9-14(10-7-12)11-8-13(2)17-21-22-18-15(20)16(19(3,4)5)23-24(17)18;1-2/h6,8-9,11-14,16,18,35,37H,5,7,10,15,17H2,1-4H3,(H,31,38)(H,32,39);7-9,15,17,32,35-36H,10-14,16H2,1-6H3,(H,29,37);6-7,9-10,13,23H,8,11H2,1-5H3;1-2H3. The average molecular weight is 1570 g/mol. The van der Waals surface area contributed by atoms with Crippen molar-refractivity contribution in [3.05, 3.63) is 169 Å². The summed E-state index contributed by atoms with van der Waals surface area (Å²) in [5.74, 6) is 0.165. The smallest absolute Gasteiger partial charge is 0.309 e. The van der Waals surface area contributed by atoms with Crippen LogP contribution in [0.15, 0.2) is 102 Å². The number of esters is 1. The van der Waals surface area contributed by atoms with Crippen LogP contribution in [-0.4, -0.2) is 157 Å².